The summed E-state index contributed by atoms with van der Waals surface area (Å²) in [6.07, 6.45) is 7.35. The third kappa shape index (κ3) is 2.71. The first-order chi connectivity index (χ1) is 13.7. The molecule has 0 radical (unpaired) electrons. The van der Waals surface area contributed by atoms with E-state index >= 15 is 0 Å². The van der Waals surface area contributed by atoms with Gasteiger partial charge in [-0.2, -0.15) is 5.10 Å². The molecule has 3 N–H and O–H groups in total. The SMILES string of the molecule is CCC(c1ncc[nH]1)N1CC[C@]2(C1)OCCn1nc(-c3cccnc3N)cc12. The lowest BCUT2D eigenvalue weighted by Crippen LogP contribution is -2.41. The number of nitrogens with zero attached hydrogens (tertiary/aromatic N) is 5. The van der Waals surface area contributed by atoms with E-state index in [1.165, 1.54) is 0 Å². The molecule has 8 heteroatoms. The van der Waals surface area contributed by atoms with Gasteiger partial charge in [-0.1, -0.05) is 6.92 Å². The zero-order valence-electron chi connectivity index (χ0n) is 16.0. The molecule has 2 aliphatic heterocycles. The number of nitrogens with one attached hydrogen (secondary N) is 1. The Morgan fingerprint density at radius 2 is 2.25 bits per heavy atom. The third-order valence-electron chi connectivity index (χ3n) is 5.97. The van der Waals surface area contributed by atoms with Gasteiger partial charge >= 0.3 is 0 Å². The predicted molar refractivity (Wildman–Crippen MR) is 105 cm³/mol. The lowest BCUT2D eigenvalue weighted by Gasteiger charge is -2.35. The van der Waals surface area contributed by atoms with Crippen LogP contribution in [-0.4, -0.2) is 49.3 Å². The summed E-state index contributed by atoms with van der Waals surface area (Å²) in [4.78, 5) is 14.4. The molecule has 28 heavy (non-hydrogen) atoms. The van der Waals surface area contributed by atoms with Crippen LogP contribution in [0.5, 0.6) is 0 Å². The molecule has 0 aliphatic carbocycles. The molecule has 3 aromatic heterocycles. The Balaban J connectivity index is 1.48. The van der Waals surface area contributed by atoms with Crippen molar-refractivity contribution in [1.29, 1.82) is 0 Å². The number of nitrogens with two attached hydrogens (primary N) is 1. The first-order valence-corrected chi connectivity index (χ1v) is 9.87. The molecule has 1 fully saturated rings. The number of aromatic amines is 1. The number of hydrogen-bond donors (Lipinski definition) is 2. The van der Waals surface area contributed by atoms with E-state index in [0.29, 0.717) is 12.4 Å². The van der Waals surface area contributed by atoms with Crippen LogP contribution in [0, 0.1) is 0 Å². The Labute approximate surface area is 163 Å². The summed E-state index contributed by atoms with van der Waals surface area (Å²) in [6.45, 7) is 5.43. The fourth-order valence-corrected chi connectivity index (χ4v) is 4.61. The molecule has 5 rings (SSSR count). The van der Waals surface area contributed by atoms with Gasteiger partial charge in [-0.25, -0.2) is 9.97 Å². The number of anilines is 1. The van der Waals surface area contributed by atoms with Crippen molar-refractivity contribution in [3.63, 3.8) is 0 Å². The van der Waals surface area contributed by atoms with Crippen molar-refractivity contribution in [1.82, 2.24) is 29.6 Å². The van der Waals surface area contributed by atoms with Gasteiger partial charge in [0.2, 0.25) is 0 Å². The lowest BCUT2D eigenvalue weighted by molar-refractivity contribution is -0.0742. The Morgan fingerprint density at radius 3 is 3.04 bits per heavy atom. The summed E-state index contributed by atoms with van der Waals surface area (Å²) in [5, 5.41) is 4.82. The maximum absolute atomic E-state index is 6.39. The molecule has 2 atom stereocenters. The number of likely N-dealkylation sites (tertiary alicyclic amines) is 1. The molecule has 3 aromatic rings. The van der Waals surface area contributed by atoms with Crippen molar-refractivity contribution in [2.75, 3.05) is 25.4 Å². The first-order valence-electron chi connectivity index (χ1n) is 9.87. The van der Waals surface area contributed by atoms with Gasteiger partial charge in [0, 0.05) is 37.2 Å². The van der Waals surface area contributed by atoms with Gasteiger partial charge in [0.15, 0.2) is 0 Å². The summed E-state index contributed by atoms with van der Waals surface area (Å²) in [5.74, 6) is 1.53. The zero-order chi connectivity index (χ0) is 19.1. The molecule has 5 heterocycles. The van der Waals surface area contributed by atoms with Crippen LogP contribution in [-0.2, 0) is 16.9 Å². The molecular weight excluding hydrogens is 354 g/mol. The number of aromatic nitrogens is 5. The lowest BCUT2D eigenvalue weighted by atomic mass is 9.96. The molecule has 1 saturated heterocycles. The second-order valence-corrected chi connectivity index (χ2v) is 7.54. The number of rotatable bonds is 4. The fraction of sp³-hybridized carbons (Fsp3) is 0.450. The number of imidazole rings is 1. The van der Waals surface area contributed by atoms with E-state index < -0.39 is 0 Å². The largest absolute Gasteiger partial charge is 0.383 e. The minimum absolute atomic E-state index is 0.268. The van der Waals surface area contributed by atoms with E-state index in [9.17, 15) is 0 Å². The molecule has 0 amide bonds. The zero-order valence-corrected chi connectivity index (χ0v) is 16.0. The van der Waals surface area contributed by atoms with Crippen LogP contribution in [0.25, 0.3) is 11.3 Å². The van der Waals surface area contributed by atoms with E-state index in [4.69, 9.17) is 15.6 Å². The van der Waals surface area contributed by atoms with Gasteiger partial charge in [0.25, 0.3) is 0 Å². The summed E-state index contributed by atoms with van der Waals surface area (Å²) in [5.41, 5.74) is 8.61. The quantitative estimate of drug-likeness (QED) is 0.722. The van der Waals surface area contributed by atoms with Gasteiger partial charge in [0.05, 0.1) is 30.6 Å². The molecule has 8 nitrogen and oxygen atoms in total. The summed E-state index contributed by atoms with van der Waals surface area (Å²) in [7, 11) is 0. The monoisotopic (exact) mass is 379 g/mol. The highest BCUT2D eigenvalue weighted by Crippen LogP contribution is 2.42. The van der Waals surface area contributed by atoms with E-state index in [0.717, 1.165) is 55.3 Å². The van der Waals surface area contributed by atoms with Crippen molar-refractivity contribution in [2.24, 2.45) is 0 Å². The smallest absolute Gasteiger partial charge is 0.132 e. The van der Waals surface area contributed by atoms with Crippen LogP contribution in [0.2, 0.25) is 0 Å². The van der Waals surface area contributed by atoms with Crippen molar-refractivity contribution >= 4 is 5.82 Å². The second kappa shape index (κ2) is 6.72. The highest BCUT2D eigenvalue weighted by molar-refractivity contribution is 5.70. The van der Waals surface area contributed by atoms with Gasteiger partial charge < -0.3 is 15.5 Å². The topological polar surface area (TPSA) is 97.9 Å². The highest BCUT2D eigenvalue weighted by Gasteiger charge is 2.47. The number of fused-ring (bicyclic) bond motifs is 2. The summed E-state index contributed by atoms with van der Waals surface area (Å²) >= 11 is 0. The van der Waals surface area contributed by atoms with Crippen LogP contribution in [0.15, 0.2) is 36.8 Å². The van der Waals surface area contributed by atoms with E-state index in [2.05, 4.69) is 37.5 Å². The molecule has 0 saturated carbocycles. The summed E-state index contributed by atoms with van der Waals surface area (Å²) < 4.78 is 8.48. The van der Waals surface area contributed by atoms with Crippen molar-refractivity contribution < 1.29 is 4.74 Å². The fourth-order valence-electron chi connectivity index (χ4n) is 4.61. The van der Waals surface area contributed by atoms with Gasteiger partial charge in [-0.15, -0.1) is 0 Å². The molecule has 146 valence electrons. The second-order valence-electron chi connectivity index (χ2n) is 7.54. The first kappa shape index (κ1) is 17.4. The predicted octanol–water partition coefficient (Wildman–Crippen LogP) is 2.33. The van der Waals surface area contributed by atoms with Crippen LogP contribution in [0.3, 0.4) is 0 Å². The van der Waals surface area contributed by atoms with Crippen LogP contribution in [0.4, 0.5) is 5.82 Å². The standard InChI is InChI=1S/C20H25N7O/c1-2-16(19-23-7-8-24-19)26-9-5-20(13-26)17-12-15(25-27(17)10-11-28-20)14-4-3-6-22-18(14)21/h3-4,6-8,12,16H,2,5,9-11,13H2,1H3,(H2,21,22)(H,23,24)/t16?,20-/m1/s1. The van der Waals surface area contributed by atoms with Gasteiger partial charge in [-0.3, -0.25) is 9.58 Å². The number of hydrogen-bond acceptors (Lipinski definition) is 6. The van der Waals surface area contributed by atoms with Crippen molar-refractivity contribution in [2.45, 2.75) is 38.0 Å². The highest BCUT2D eigenvalue weighted by atomic mass is 16.5. The Hall–Kier alpha value is -2.71. The van der Waals surface area contributed by atoms with Crippen LogP contribution < -0.4 is 5.73 Å². The number of ether oxygens (including phenoxy) is 1. The average molecular weight is 379 g/mol. The van der Waals surface area contributed by atoms with Crippen LogP contribution in [0.1, 0.15) is 37.3 Å². The number of pyridine rings is 1. The molecular formula is C20H25N7O. The molecule has 0 bridgehead atoms. The number of H-pyrrole nitrogens is 1. The summed E-state index contributed by atoms with van der Waals surface area (Å²) in [6, 6.07) is 6.26. The maximum Gasteiger partial charge on any atom is 0.132 e. The average Bonchev–Trinajstić information content (AvgIpc) is 3.44. The number of nitrogen functional groups attached to an aromatic ring is 1. The van der Waals surface area contributed by atoms with E-state index in [-0.39, 0.29) is 11.6 Å². The minimum Gasteiger partial charge on any atom is -0.383 e. The Bertz CT molecular complexity index is 967. The molecule has 0 aromatic carbocycles. The van der Waals surface area contributed by atoms with Crippen molar-refractivity contribution in [3.8, 4) is 11.3 Å². The third-order valence-corrected chi connectivity index (χ3v) is 5.97. The van der Waals surface area contributed by atoms with Crippen molar-refractivity contribution in [3.05, 3.63) is 48.3 Å². The van der Waals surface area contributed by atoms with Crippen LogP contribution >= 0.6 is 0 Å². The van der Waals surface area contributed by atoms with E-state index in [1.54, 1.807) is 6.20 Å². The molecule has 1 spiro atoms. The Morgan fingerprint density at radius 1 is 1.32 bits per heavy atom. The molecule has 2 aliphatic rings. The van der Waals surface area contributed by atoms with E-state index in [1.807, 2.05) is 24.5 Å². The van der Waals surface area contributed by atoms with Gasteiger partial charge in [0.1, 0.15) is 17.2 Å². The van der Waals surface area contributed by atoms with Gasteiger partial charge in [-0.05, 0) is 31.0 Å². The molecule has 1 unspecified atom stereocenters. The normalized spacial score (nSPS) is 23.2. The Kier molecular flexibility index (Phi) is 4.17. The minimum atomic E-state index is -0.333. The maximum atomic E-state index is 6.39.